The fourth-order valence-corrected chi connectivity index (χ4v) is 1.60. The van der Waals surface area contributed by atoms with Crippen molar-refractivity contribution < 1.29 is 9.90 Å². The van der Waals surface area contributed by atoms with Crippen LogP contribution in [0.5, 0.6) is 0 Å². The van der Waals surface area contributed by atoms with Gasteiger partial charge in [0.2, 0.25) is 0 Å². The van der Waals surface area contributed by atoms with Gasteiger partial charge in [0.05, 0.1) is 0 Å². The average molecular weight is 155 g/mol. The summed E-state index contributed by atoms with van der Waals surface area (Å²) in [4.78, 5) is 10.7. The quantitative estimate of drug-likeness (QED) is 0.565. The van der Waals surface area contributed by atoms with Gasteiger partial charge in [-0.3, -0.25) is 0 Å². The van der Waals surface area contributed by atoms with Crippen LogP contribution in [0.25, 0.3) is 0 Å². The summed E-state index contributed by atoms with van der Waals surface area (Å²) in [6.07, 6.45) is 3.64. The van der Waals surface area contributed by atoms with Crippen molar-refractivity contribution in [2.24, 2.45) is 11.3 Å². The summed E-state index contributed by atoms with van der Waals surface area (Å²) in [5.41, 5.74) is -0.535. The second-order valence-corrected chi connectivity index (χ2v) is 4.03. The van der Waals surface area contributed by atoms with Gasteiger partial charge in [-0.15, -0.1) is 0 Å². The highest BCUT2D eigenvalue weighted by Crippen LogP contribution is 2.37. The lowest BCUT2D eigenvalue weighted by molar-refractivity contribution is -0.320. The lowest BCUT2D eigenvalue weighted by Gasteiger charge is -2.36. The van der Waals surface area contributed by atoms with Gasteiger partial charge in [-0.05, 0) is 31.6 Å². The lowest BCUT2D eigenvalue weighted by atomic mass is 9.72. The average Bonchev–Trinajstić information content (AvgIpc) is 1.95. The molecule has 0 N–H and O–H groups in total. The van der Waals surface area contributed by atoms with Gasteiger partial charge in [-0.25, -0.2) is 0 Å². The van der Waals surface area contributed by atoms with Crippen LogP contribution in [0.2, 0.25) is 0 Å². The molecule has 0 aromatic rings. The third kappa shape index (κ3) is 1.73. The van der Waals surface area contributed by atoms with Crippen LogP contribution >= 0.6 is 0 Å². The van der Waals surface area contributed by atoms with Crippen LogP contribution in [0.4, 0.5) is 0 Å². The molecule has 0 bridgehead atoms. The van der Waals surface area contributed by atoms with Crippen LogP contribution in [-0.4, -0.2) is 5.97 Å². The van der Waals surface area contributed by atoms with Crippen LogP contribution in [0, 0.1) is 11.3 Å². The maximum absolute atomic E-state index is 10.7. The standard InChI is InChI=1S/C9H16O2/c1-7-3-5-9(2,6-4-7)8(10)11/h7H,3-6H2,1-2H3,(H,10,11)/p-1. The zero-order valence-electron chi connectivity index (χ0n) is 7.22. The van der Waals surface area contributed by atoms with E-state index in [0.29, 0.717) is 5.92 Å². The molecule has 0 aromatic heterocycles. The maximum Gasteiger partial charge on any atom is 0.0473 e. The number of carbonyl (C=O) groups is 1. The third-order valence-electron chi connectivity index (χ3n) is 2.87. The Labute approximate surface area is 67.6 Å². The van der Waals surface area contributed by atoms with Gasteiger partial charge >= 0.3 is 0 Å². The molecule has 0 aromatic carbocycles. The molecule has 1 aliphatic rings. The minimum absolute atomic E-state index is 0.535. The van der Waals surface area contributed by atoms with Crippen molar-refractivity contribution in [3.8, 4) is 0 Å². The summed E-state index contributed by atoms with van der Waals surface area (Å²) in [7, 11) is 0. The molecule has 64 valence electrons. The van der Waals surface area contributed by atoms with Crippen molar-refractivity contribution >= 4 is 5.97 Å². The van der Waals surface area contributed by atoms with E-state index in [2.05, 4.69) is 6.92 Å². The van der Waals surface area contributed by atoms with Gasteiger partial charge in [0, 0.05) is 11.4 Å². The molecular weight excluding hydrogens is 140 g/mol. The molecule has 1 rings (SSSR count). The molecular formula is C9H15O2-. The number of aliphatic carboxylic acids is 1. The number of rotatable bonds is 1. The smallest absolute Gasteiger partial charge is 0.0473 e. The van der Waals surface area contributed by atoms with Crippen LogP contribution in [0.1, 0.15) is 39.5 Å². The highest BCUT2D eigenvalue weighted by Gasteiger charge is 2.30. The molecule has 1 fully saturated rings. The number of hydrogen-bond acceptors (Lipinski definition) is 2. The number of hydrogen-bond donors (Lipinski definition) is 0. The van der Waals surface area contributed by atoms with Gasteiger partial charge in [0.25, 0.3) is 0 Å². The zero-order chi connectivity index (χ0) is 8.48. The van der Waals surface area contributed by atoms with Gasteiger partial charge in [-0.1, -0.05) is 13.8 Å². The van der Waals surface area contributed by atoms with Crippen molar-refractivity contribution in [1.29, 1.82) is 0 Å². The van der Waals surface area contributed by atoms with Crippen molar-refractivity contribution in [2.45, 2.75) is 39.5 Å². The monoisotopic (exact) mass is 155 g/mol. The number of carboxylic acids is 1. The zero-order valence-corrected chi connectivity index (χ0v) is 7.22. The summed E-state index contributed by atoms with van der Waals surface area (Å²) in [6.45, 7) is 3.98. The molecule has 2 heteroatoms. The fraction of sp³-hybridized carbons (Fsp3) is 0.889. The fourth-order valence-electron chi connectivity index (χ4n) is 1.60. The molecule has 0 amide bonds. The highest BCUT2D eigenvalue weighted by molar-refractivity contribution is 5.71. The minimum atomic E-state index is -0.871. The maximum atomic E-state index is 10.7. The van der Waals surface area contributed by atoms with E-state index in [1.54, 1.807) is 6.92 Å². The Balaban J connectivity index is 2.55. The number of carbonyl (C=O) groups excluding carboxylic acids is 1. The normalized spacial score (nSPS) is 38.5. The van der Waals surface area contributed by atoms with Crippen LogP contribution in [0.15, 0.2) is 0 Å². The van der Waals surface area contributed by atoms with Gasteiger partial charge < -0.3 is 9.90 Å². The van der Waals surface area contributed by atoms with Gasteiger partial charge in [0.15, 0.2) is 0 Å². The molecule has 11 heavy (non-hydrogen) atoms. The molecule has 0 unspecified atom stereocenters. The topological polar surface area (TPSA) is 40.1 Å². The Morgan fingerprint density at radius 3 is 2.27 bits per heavy atom. The minimum Gasteiger partial charge on any atom is -0.550 e. The molecule has 1 saturated carbocycles. The summed E-state index contributed by atoms with van der Waals surface area (Å²) < 4.78 is 0. The summed E-state index contributed by atoms with van der Waals surface area (Å²) in [5, 5.41) is 10.7. The molecule has 0 heterocycles. The molecule has 0 saturated heterocycles. The van der Waals surface area contributed by atoms with E-state index >= 15 is 0 Å². The first kappa shape index (κ1) is 8.57. The second-order valence-electron chi connectivity index (χ2n) is 4.03. The molecule has 0 atom stereocenters. The first-order chi connectivity index (χ1) is 5.04. The molecule has 0 aliphatic heterocycles. The van der Waals surface area contributed by atoms with E-state index in [1.807, 2.05) is 0 Å². The van der Waals surface area contributed by atoms with Crippen molar-refractivity contribution in [1.82, 2.24) is 0 Å². The second kappa shape index (κ2) is 2.84. The predicted molar refractivity (Wildman–Crippen MR) is 40.7 cm³/mol. The Kier molecular flexibility index (Phi) is 2.21. The van der Waals surface area contributed by atoms with Gasteiger partial charge in [0.1, 0.15) is 0 Å². The third-order valence-corrected chi connectivity index (χ3v) is 2.87. The van der Waals surface area contributed by atoms with Crippen LogP contribution in [0.3, 0.4) is 0 Å². The van der Waals surface area contributed by atoms with E-state index in [9.17, 15) is 9.90 Å². The SMILES string of the molecule is CC1CCC(C)(C(=O)[O-])CC1. The summed E-state index contributed by atoms with van der Waals surface area (Å²) in [6, 6.07) is 0. The Hall–Kier alpha value is -0.530. The first-order valence-electron chi connectivity index (χ1n) is 4.26. The lowest BCUT2D eigenvalue weighted by Crippen LogP contribution is -2.42. The molecule has 1 aliphatic carbocycles. The van der Waals surface area contributed by atoms with Crippen molar-refractivity contribution in [2.75, 3.05) is 0 Å². The van der Waals surface area contributed by atoms with E-state index in [-0.39, 0.29) is 0 Å². The Morgan fingerprint density at radius 2 is 1.91 bits per heavy atom. The number of carboxylic acid groups (broad SMARTS) is 1. The Morgan fingerprint density at radius 1 is 1.45 bits per heavy atom. The van der Waals surface area contributed by atoms with Crippen LogP contribution < -0.4 is 5.11 Å². The molecule has 0 spiro atoms. The predicted octanol–water partition coefficient (Wildman–Crippen LogP) is 0.953. The largest absolute Gasteiger partial charge is 0.550 e. The van der Waals surface area contributed by atoms with E-state index in [4.69, 9.17) is 0 Å². The van der Waals surface area contributed by atoms with E-state index in [1.165, 1.54) is 0 Å². The van der Waals surface area contributed by atoms with Crippen molar-refractivity contribution in [3.63, 3.8) is 0 Å². The summed E-state index contributed by atoms with van der Waals surface area (Å²) in [5.74, 6) is -0.174. The molecule has 2 nitrogen and oxygen atoms in total. The summed E-state index contributed by atoms with van der Waals surface area (Å²) >= 11 is 0. The van der Waals surface area contributed by atoms with Crippen LogP contribution in [-0.2, 0) is 4.79 Å². The molecule has 0 radical (unpaired) electrons. The van der Waals surface area contributed by atoms with Gasteiger partial charge in [-0.2, -0.15) is 0 Å². The highest BCUT2D eigenvalue weighted by atomic mass is 16.4. The first-order valence-corrected chi connectivity index (χ1v) is 4.26. The van der Waals surface area contributed by atoms with E-state index in [0.717, 1.165) is 25.7 Å². The Bertz CT molecular complexity index is 155. The van der Waals surface area contributed by atoms with Crippen molar-refractivity contribution in [3.05, 3.63) is 0 Å². The van der Waals surface area contributed by atoms with E-state index < -0.39 is 11.4 Å².